The molecule has 6 rings (SSSR count). The van der Waals surface area contributed by atoms with Crippen LogP contribution in [0.1, 0.15) is 17.5 Å². The first-order chi connectivity index (χ1) is 16.6. The summed E-state index contributed by atoms with van der Waals surface area (Å²) in [7, 11) is 0. The van der Waals surface area contributed by atoms with Crippen LogP contribution in [0.15, 0.2) is 121 Å². The zero-order valence-corrected chi connectivity index (χ0v) is 24.7. The van der Waals surface area contributed by atoms with Crippen molar-refractivity contribution in [1.29, 1.82) is 0 Å². The van der Waals surface area contributed by atoms with Crippen molar-refractivity contribution in [3.63, 3.8) is 0 Å². The zero-order valence-electron chi connectivity index (χ0n) is 19.3. The molecule has 0 amide bonds. The standard InChI is InChI=1S/C13H8Cl2.C13H9.C5H5.2ClH.Zr/c14-12-5-1-3-10(8-12)7-11-4-2-6-13(15)9-11;1-3-7-12-10(5-1)9-11-6-2-4-8-13(11)12;1-2-4-5-3-1;;;/h1-6,8-9H;1-9H;1-3H,4H2;2*1H;/q;2*-1;;;+2/p-2. The first kappa shape index (κ1) is 30.4. The van der Waals surface area contributed by atoms with Crippen LogP contribution in [0.5, 0.6) is 0 Å². The van der Waals surface area contributed by atoms with E-state index in [1.54, 1.807) is 0 Å². The molecule has 0 unspecified atom stereocenters. The van der Waals surface area contributed by atoms with Gasteiger partial charge in [-0.1, -0.05) is 36.4 Å². The molecule has 36 heavy (non-hydrogen) atoms. The minimum absolute atomic E-state index is 0. The number of benzene rings is 4. The van der Waals surface area contributed by atoms with E-state index in [1.165, 1.54) is 49.0 Å². The summed E-state index contributed by atoms with van der Waals surface area (Å²) in [4.78, 5) is 0. The second kappa shape index (κ2) is 15.4. The Kier molecular flexibility index (Phi) is 13.0. The van der Waals surface area contributed by atoms with Gasteiger partial charge < -0.3 is 24.8 Å². The molecule has 0 spiro atoms. The van der Waals surface area contributed by atoms with Crippen LogP contribution in [0, 0.1) is 6.08 Å². The van der Waals surface area contributed by atoms with Gasteiger partial charge in [0.15, 0.2) is 0 Å². The maximum Gasteiger partial charge on any atom is -0.0771 e. The quantitative estimate of drug-likeness (QED) is 0.264. The van der Waals surface area contributed by atoms with E-state index in [0.29, 0.717) is 0 Å². The van der Waals surface area contributed by atoms with Crippen molar-refractivity contribution in [2.75, 3.05) is 0 Å². The molecular formula is C31H22Cl4Zr-2. The third kappa shape index (κ3) is 8.34. The van der Waals surface area contributed by atoms with Crippen LogP contribution < -0.4 is 24.8 Å². The average Bonchev–Trinajstić information content (AvgIpc) is 3.56. The monoisotopic (exact) mass is 624 g/mol. The fourth-order valence-electron chi connectivity index (χ4n) is 3.70. The van der Waals surface area contributed by atoms with Crippen molar-refractivity contribution in [2.24, 2.45) is 0 Å². The summed E-state index contributed by atoms with van der Waals surface area (Å²) in [6, 6.07) is 35.1. The van der Waals surface area contributed by atoms with Crippen molar-refractivity contribution >= 4 is 48.0 Å². The topological polar surface area (TPSA) is 0 Å². The van der Waals surface area contributed by atoms with Gasteiger partial charge in [-0.05, 0) is 0 Å². The molecule has 5 aromatic rings. The van der Waals surface area contributed by atoms with Crippen LogP contribution >= 0.6 is 23.2 Å². The molecule has 0 bridgehead atoms. The van der Waals surface area contributed by atoms with Gasteiger partial charge in [-0.15, -0.1) is 46.2 Å². The Morgan fingerprint density at radius 3 is 1.58 bits per heavy atom. The van der Waals surface area contributed by atoms with E-state index in [-0.39, 0.29) is 24.8 Å². The molecule has 0 saturated carbocycles. The van der Waals surface area contributed by atoms with Gasteiger partial charge in [-0.25, -0.2) is 12.2 Å². The van der Waals surface area contributed by atoms with Crippen LogP contribution in [0.3, 0.4) is 0 Å². The zero-order chi connectivity index (χ0) is 23.8. The number of hydrogen-bond donors (Lipinski definition) is 0. The second-order valence-electron chi connectivity index (χ2n) is 7.72. The largest absolute Gasteiger partial charge is 1.00 e. The van der Waals surface area contributed by atoms with E-state index in [1.807, 2.05) is 48.6 Å². The molecule has 1 aliphatic carbocycles. The average molecular weight is 628 g/mol. The van der Waals surface area contributed by atoms with Crippen LogP contribution in [0.4, 0.5) is 0 Å². The molecule has 0 aromatic heterocycles. The molecule has 0 N–H and O–H groups in total. The van der Waals surface area contributed by atoms with Gasteiger partial charge in [0, 0.05) is 0 Å². The van der Waals surface area contributed by atoms with Crippen molar-refractivity contribution in [3.8, 4) is 0 Å². The maximum absolute atomic E-state index is 5.98. The van der Waals surface area contributed by atoms with Crippen molar-refractivity contribution in [3.05, 3.63) is 149 Å². The fourth-order valence-corrected chi connectivity index (χ4v) is 4.84. The van der Waals surface area contributed by atoms with Gasteiger partial charge in [0.05, 0.1) is 0 Å². The Bertz CT molecular complexity index is 1370. The van der Waals surface area contributed by atoms with E-state index >= 15 is 0 Å². The van der Waals surface area contributed by atoms with Crippen molar-refractivity contribution < 1.29 is 49.0 Å². The Labute approximate surface area is 250 Å². The number of halogens is 4. The summed E-state index contributed by atoms with van der Waals surface area (Å²) >= 11 is 13.3. The molecule has 1 aliphatic rings. The van der Waals surface area contributed by atoms with Gasteiger partial charge in [0.1, 0.15) is 0 Å². The van der Waals surface area contributed by atoms with Gasteiger partial charge in [-0.3, -0.25) is 6.08 Å². The summed E-state index contributed by atoms with van der Waals surface area (Å²) < 4.78 is 1.26. The molecule has 0 heterocycles. The van der Waals surface area contributed by atoms with Gasteiger partial charge >= 0.3 is 120 Å². The Morgan fingerprint density at radius 1 is 0.694 bits per heavy atom. The summed E-state index contributed by atoms with van der Waals surface area (Å²) in [5, 5.41) is 6.92. The van der Waals surface area contributed by atoms with E-state index in [2.05, 4.69) is 78.9 Å². The number of fused-ring (bicyclic) bond motifs is 3. The molecule has 180 valence electrons. The molecule has 0 atom stereocenters. The third-order valence-corrected chi connectivity index (χ3v) is 7.22. The smallest absolute Gasteiger partial charge is 0.0771 e. The van der Waals surface area contributed by atoms with Crippen LogP contribution in [-0.2, 0) is 24.2 Å². The minimum atomic E-state index is 0. The van der Waals surface area contributed by atoms with Gasteiger partial charge in [-0.2, -0.15) is 6.08 Å². The van der Waals surface area contributed by atoms with Gasteiger partial charge in [0.25, 0.3) is 0 Å². The minimum Gasteiger partial charge on any atom is -1.00 e. The molecular weight excluding hydrogens is 605 g/mol. The van der Waals surface area contributed by atoms with E-state index < -0.39 is 0 Å². The van der Waals surface area contributed by atoms with E-state index in [9.17, 15) is 0 Å². The molecule has 0 nitrogen and oxygen atoms in total. The molecule has 5 heteroatoms. The molecule has 0 radical (unpaired) electrons. The van der Waals surface area contributed by atoms with Crippen LogP contribution in [-0.4, -0.2) is 3.21 Å². The number of allylic oxidation sites excluding steroid dienone is 4. The van der Waals surface area contributed by atoms with Crippen molar-refractivity contribution in [1.82, 2.24) is 0 Å². The molecule has 5 aromatic carbocycles. The number of rotatable bonds is 2. The SMILES string of the molecule is Clc1cccc([C](=[Zr+2])c2cccc(Cl)c2)c1.[C-]1=CC=CC1.[Cl-].[Cl-].c1ccc2c(c1)[cH-]c1ccccc12. The Balaban J connectivity index is 0.000000205. The Hall–Kier alpha value is -1.86. The normalized spacial score (nSPS) is 11.0. The maximum atomic E-state index is 5.98. The molecule has 0 aliphatic heterocycles. The number of hydrogen-bond acceptors (Lipinski definition) is 0. The second-order valence-corrected chi connectivity index (χ2v) is 9.82. The first-order valence-electron chi connectivity index (χ1n) is 11.0. The van der Waals surface area contributed by atoms with E-state index in [4.69, 9.17) is 23.2 Å². The summed E-state index contributed by atoms with van der Waals surface area (Å²) in [6.07, 6.45) is 10.0. The first-order valence-corrected chi connectivity index (χ1v) is 13.0. The van der Waals surface area contributed by atoms with Gasteiger partial charge in [0.2, 0.25) is 0 Å². The third-order valence-electron chi connectivity index (χ3n) is 5.34. The van der Waals surface area contributed by atoms with Crippen molar-refractivity contribution in [2.45, 2.75) is 6.42 Å². The van der Waals surface area contributed by atoms with Crippen LogP contribution in [0.2, 0.25) is 10.0 Å². The van der Waals surface area contributed by atoms with E-state index in [0.717, 1.165) is 27.6 Å². The summed E-state index contributed by atoms with van der Waals surface area (Å²) in [5.74, 6) is 0. The van der Waals surface area contributed by atoms with Crippen LogP contribution in [0.25, 0.3) is 21.5 Å². The predicted octanol–water partition coefficient (Wildman–Crippen LogP) is 3.13. The summed E-state index contributed by atoms with van der Waals surface area (Å²) in [5.41, 5.74) is 2.32. The fraction of sp³-hybridized carbons (Fsp3) is 0.0323. The summed E-state index contributed by atoms with van der Waals surface area (Å²) in [6.45, 7) is 0. The predicted molar refractivity (Wildman–Crippen MR) is 145 cm³/mol. The Morgan fingerprint density at radius 2 is 1.19 bits per heavy atom. The molecule has 0 fully saturated rings. The molecule has 0 saturated heterocycles.